The average Bonchev–Trinajstić information content (AvgIpc) is 2.67. The SMILES string of the molecule is Cc1ncc(CNC(=O)C2(C(N)=S)CC(C)C2)s1. The Balaban J connectivity index is 1.97. The molecule has 1 aromatic rings. The number of rotatable bonds is 4. The van der Waals surface area contributed by atoms with Gasteiger partial charge in [-0.2, -0.15) is 0 Å². The topological polar surface area (TPSA) is 68.0 Å². The highest BCUT2D eigenvalue weighted by atomic mass is 32.1. The summed E-state index contributed by atoms with van der Waals surface area (Å²) in [6.07, 6.45) is 3.31. The minimum atomic E-state index is -0.617. The molecule has 1 saturated carbocycles. The van der Waals surface area contributed by atoms with Crippen molar-refractivity contribution in [2.45, 2.75) is 33.2 Å². The van der Waals surface area contributed by atoms with Crippen LogP contribution in [0.5, 0.6) is 0 Å². The molecule has 0 aromatic carbocycles. The number of hydrogen-bond acceptors (Lipinski definition) is 4. The third-order valence-corrected chi connectivity index (χ3v) is 4.70. The minimum Gasteiger partial charge on any atom is -0.392 e. The van der Waals surface area contributed by atoms with E-state index in [0.29, 0.717) is 17.5 Å². The molecule has 1 heterocycles. The summed E-state index contributed by atoms with van der Waals surface area (Å²) in [7, 11) is 0. The standard InChI is InChI=1S/C12H17N3OS2/c1-7-3-12(4-7,10(13)17)11(16)15-6-9-5-14-8(2)18-9/h5,7H,3-4,6H2,1-2H3,(H2,13,17)(H,15,16). The van der Waals surface area contributed by atoms with Crippen molar-refractivity contribution in [1.29, 1.82) is 0 Å². The molecule has 0 unspecified atom stereocenters. The van der Waals surface area contributed by atoms with E-state index in [-0.39, 0.29) is 5.91 Å². The van der Waals surface area contributed by atoms with Crippen molar-refractivity contribution in [1.82, 2.24) is 10.3 Å². The molecule has 2 rings (SSSR count). The maximum Gasteiger partial charge on any atom is 0.233 e. The van der Waals surface area contributed by atoms with Gasteiger partial charge < -0.3 is 11.1 Å². The molecule has 6 heteroatoms. The molecule has 0 saturated heterocycles. The Kier molecular flexibility index (Phi) is 3.68. The van der Waals surface area contributed by atoms with Crippen LogP contribution in [0.4, 0.5) is 0 Å². The second-order valence-corrected chi connectivity index (χ2v) is 6.75. The number of carbonyl (C=O) groups excluding carboxylic acids is 1. The molecule has 98 valence electrons. The van der Waals surface area contributed by atoms with Crippen LogP contribution in [0.25, 0.3) is 0 Å². The number of aryl methyl sites for hydroxylation is 1. The second-order valence-electron chi connectivity index (χ2n) is 4.99. The molecule has 0 atom stereocenters. The fourth-order valence-corrected chi connectivity index (χ4v) is 3.45. The number of amides is 1. The first-order chi connectivity index (χ1) is 8.44. The van der Waals surface area contributed by atoms with Gasteiger partial charge in [0.15, 0.2) is 0 Å². The quantitative estimate of drug-likeness (QED) is 0.826. The van der Waals surface area contributed by atoms with Gasteiger partial charge >= 0.3 is 0 Å². The summed E-state index contributed by atoms with van der Waals surface area (Å²) in [5.41, 5.74) is 5.11. The fourth-order valence-electron chi connectivity index (χ4n) is 2.45. The van der Waals surface area contributed by atoms with Crippen LogP contribution in [0.15, 0.2) is 6.20 Å². The van der Waals surface area contributed by atoms with E-state index in [1.54, 1.807) is 17.5 Å². The number of nitrogens with two attached hydrogens (primary N) is 1. The predicted octanol–water partition coefficient (Wildman–Crippen LogP) is 1.77. The highest BCUT2D eigenvalue weighted by molar-refractivity contribution is 7.80. The molecule has 1 aliphatic rings. The van der Waals surface area contributed by atoms with Gasteiger partial charge in [0.25, 0.3) is 0 Å². The van der Waals surface area contributed by atoms with Crippen molar-refractivity contribution in [2.75, 3.05) is 0 Å². The maximum atomic E-state index is 12.2. The van der Waals surface area contributed by atoms with E-state index >= 15 is 0 Å². The van der Waals surface area contributed by atoms with E-state index in [2.05, 4.69) is 17.2 Å². The molecule has 0 spiro atoms. The lowest BCUT2D eigenvalue weighted by Gasteiger charge is -2.44. The van der Waals surface area contributed by atoms with Crippen molar-refractivity contribution >= 4 is 34.5 Å². The number of nitrogens with zero attached hydrogens (tertiary/aromatic N) is 1. The first-order valence-electron chi connectivity index (χ1n) is 5.93. The zero-order valence-electron chi connectivity index (χ0n) is 10.5. The molecule has 0 aliphatic heterocycles. The number of aromatic nitrogens is 1. The third-order valence-electron chi connectivity index (χ3n) is 3.39. The number of nitrogens with one attached hydrogen (secondary N) is 1. The van der Waals surface area contributed by atoms with Crippen LogP contribution in [-0.2, 0) is 11.3 Å². The van der Waals surface area contributed by atoms with E-state index in [1.807, 2.05) is 6.92 Å². The van der Waals surface area contributed by atoms with Crippen LogP contribution in [0.2, 0.25) is 0 Å². The lowest BCUT2D eigenvalue weighted by atomic mass is 9.62. The molecule has 1 aromatic heterocycles. The number of hydrogen-bond donors (Lipinski definition) is 2. The van der Waals surface area contributed by atoms with Crippen molar-refractivity contribution in [3.05, 3.63) is 16.1 Å². The summed E-state index contributed by atoms with van der Waals surface area (Å²) in [4.78, 5) is 17.7. The molecular formula is C12H17N3OS2. The number of thiocarbonyl (C=S) groups is 1. The maximum absolute atomic E-state index is 12.2. The summed E-state index contributed by atoms with van der Waals surface area (Å²) >= 11 is 6.64. The Bertz CT molecular complexity index is 477. The van der Waals surface area contributed by atoms with Gasteiger partial charge in [-0.15, -0.1) is 11.3 Å². The molecule has 4 nitrogen and oxygen atoms in total. The van der Waals surface area contributed by atoms with Gasteiger partial charge in [0.1, 0.15) is 0 Å². The lowest BCUT2D eigenvalue weighted by Crippen LogP contribution is -2.55. The summed E-state index contributed by atoms with van der Waals surface area (Å²) in [6.45, 7) is 4.56. The molecule has 0 radical (unpaired) electrons. The van der Waals surface area contributed by atoms with E-state index in [0.717, 1.165) is 22.7 Å². The van der Waals surface area contributed by atoms with E-state index in [4.69, 9.17) is 18.0 Å². The van der Waals surface area contributed by atoms with Gasteiger partial charge in [0, 0.05) is 11.1 Å². The van der Waals surface area contributed by atoms with Crippen molar-refractivity contribution in [3.8, 4) is 0 Å². The van der Waals surface area contributed by atoms with Crippen LogP contribution >= 0.6 is 23.6 Å². The van der Waals surface area contributed by atoms with Crippen LogP contribution in [0, 0.1) is 18.3 Å². The monoisotopic (exact) mass is 283 g/mol. The van der Waals surface area contributed by atoms with E-state index in [9.17, 15) is 4.79 Å². The Hall–Kier alpha value is -1.01. The smallest absolute Gasteiger partial charge is 0.233 e. The average molecular weight is 283 g/mol. The van der Waals surface area contributed by atoms with Gasteiger partial charge in [-0.3, -0.25) is 4.79 Å². The fraction of sp³-hybridized carbons (Fsp3) is 0.583. The Labute approximate surface area is 116 Å². The lowest BCUT2D eigenvalue weighted by molar-refractivity contribution is -0.133. The Morgan fingerprint density at radius 1 is 1.72 bits per heavy atom. The highest BCUT2D eigenvalue weighted by Crippen LogP contribution is 2.46. The summed E-state index contributed by atoms with van der Waals surface area (Å²) in [5, 5.41) is 3.92. The van der Waals surface area contributed by atoms with Crippen molar-refractivity contribution in [2.24, 2.45) is 17.1 Å². The number of thiazole rings is 1. The highest BCUT2D eigenvalue weighted by Gasteiger charge is 2.50. The summed E-state index contributed by atoms with van der Waals surface area (Å²) in [6, 6.07) is 0. The van der Waals surface area contributed by atoms with Crippen LogP contribution in [0.1, 0.15) is 29.7 Å². The molecule has 18 heavy (non-hydrogen) atoms. The molecule has 1 amide bonds. The first kappa shape index (κ1) is 13.4. The van der Waals surface area contributed by atoms with Gasteiger partial charge in [0.2, 0.25) is 5.91 Å². The molecule has 1 aliphatic carbocycles. The van der Waals surface area contributed by atoms with Crippen LogP contribution in [-0.4, -0.2) is 15.9 Å². The Morgan fingerprint density at radius 2 is 2.39 bits per heavy atom. The van der Waals surface area contributed by atoms with E-state index < -0.39 is 5.41 Å². The third kappa shape index (κ3) is 2.40. The van der Waals surface area contributed by atoms with Gasteiger partial charge in [0.05, 0.1) is 22.0 Å². The second kappa shape index (κ2) is 4.93. The zero-order valence-corrected chi connectivity index (χ0v) is 12.2. The summed E-state index contributed by atoms with van der Waals surface area (Å²) < 4.78 is 0. The van der Waals surface area contributed by atoms with Gasteiger partial charge in [-0.25, -0.2) is 4.98 Å². The van der Waals surface area contributed by atoms with Crippen molar-refractivity contribution in [3.63, 3.8) is 0 Å². The zero-order chi connectivity index (χ0) is 13.3. The van der Waals surface area contributed by atoms with Gasteiger partial charge in [-0.05, 0) is 25.7 Å². The normalized spacial score (nSPS) is 26.4. The van der Waals surface area contributed by atoms with Crippen molar-refractivity contribution < 1.29 is 4.79 Å². The Morgan fingerprint density at radius 3 is 2.83 bits per heavy atom. The molecule has 1 fully saturated rings. The predicted molar refractivity (Wildman–Crippen MR) is 76.3 cm³/mol. The minimum absolute atomic E-state index is 0.0425. The molecule has 3 N–H and O–H groups in total. The van der Waals surface area contributed by atoms with Crippen LogP contribution < -0.4 is 11.1 Å². The number of carbonyl (C=O) groups is 1. The molecular weight excluding hydrogens is 266 g/mol. The first-order valence-corrected chi connectivity index (χ1v) is 7.16. The van der Waals surface area contributed by atoms with Gasteiger partial charge in [-0.1, -0.05) is 19.1 Å². The molecule has 0 bridgehead atoms. The van der Waals surface area contributed by atoms with Crippen LogP contribution in [0.3, 0.4) is 0 Å². The largest absolute Gasteiger partial charge is 0.392 e. The van der Waals surface area contributed by atoms with E-state index in [1.165, 1.54) is 0 Å². The summed E-state index contributed by atoms with van der Waals surface area (Å²) in [5.74, 6) is 0.474.